The predicted octanol–water partition coefficient (Wildman–Crippen LogP) is -0.373. The maximum absolute atomic E-state index is 5.38. The highest BCUT2D eigenvalue weighted by Crippen LogP contribution is 2.09. The van der Waals surface area contributed by atoms with Gasteiger partial charge in [0.25, 0.3) is 0 Å². The normalized spacial score (nSPS) is 35.6. The number of hydrogen-bond donors (Lipinski definition) is 2. The van der Waals surface area contributed by atoms with Gasteiger partial charge in [0.1, 0.15) is 0 Å². The van der Waals surface area contributed by atoms with Crippen LogP contribution in [0.1, 0.15) is 13.8 Å². The lowest BCUT2D eigenvalue weighted by atomic mass is 10.1. The van der Waals surface area contributed by atoms with Gasteiger partial charge < -0.3 is 4.74 Å². The van der Waals surface area contributed by atoms with Crippen molar-refractivity contribution in [1.82, 2.24) is 5.32 Å². The van der Waals surface area contributed by atoms with Crippen molar-refractivity contribution >= 4 is 0 Å². The molecular weight excluding hydrogens is 104 g/mol. The van der Waals surface area contributed by atoms with E-state index in [1.165, 1.54) is 0 Å². The molecule has 1 saturated heterocycles. The summed E-state index contributed by atoms with van der Waals surface area (Å²) in [4.78, 5) is 0. The zero-order valence-corrected chi connectivity index (χ0v) is 5.27. The Bertz CT molecular complexity index is 92.4. The van der Waals surface area contributed by atoms with Gasteiger partial charge in [-0.05, 0) is 13.8 Å². The molecule has 0 bridgehead atoms. The minimum absolute atomic E-state index is 0.0689. The lowest BCUT2D eigenvalue weighted by molar-refractivity contribution is 0.104. The van der Waals surface area contributed by atoms with Crippen LogP contribution in [0.4, 0.5) is 0 Å². The van der Waals surface area contributed by atoms with Gasteiger partial charge in [0.2, 0.25) is 0 Å². The Morgan fingerprint density at radius 3 is 2.50 bits per heavy atom. The van der Waals surface area contributed by atoms with E-state index in [1.807, 2.05) is 0 Å². The summed E-state index contributed by atoms with van der Waals surface area (Å²) in [6.07, 6.45) is -0.259. The molecule has 1 aliphatic heterocycles. The number of rotatable bonds is 0. The van der Waals surface area contributed by atoms with Crippen LogP contribution in [0.15, 0.2) is 0 Å². The van der Waals surface area contributed by atoms with E-state index in [1.54, 1.807) is 0 Å². The first-order valence-corrected chi connectivity index (χ1v) is 2.75. The third-order valence-corrected chi connectivity index (χ3v) is 1.16. The van der Waals surface area contributed by atoms with Gasteiger partial charge in [0, 0.05) is 5.54 Å². The first-order valence-electron chi connectivity index (χ1n) is 2.75. The van der Waals surface area contributed by atoms with Crippen LogP contribution in [0.25, 0.3) is 0 Å². The molecule has 0 amide bonds. The smallest absolute Gasteiger partial charge is 0.161 e. The van der Waals surface area contributed by atoms with Gasteiger partial charge in [-0.15, -0.1) is 0 Å². The van der Waals surface area contributed by atoms with Crippen LogP contribution in [0.3, 0.4) is 0 Å². The molecule has 1 unspecified atom stereocenters. The molecule has 1 fully saturated rings. The fraction of sp³-hybridized carbons (Fsp3) is 1.00. The van der Waals surface area contributed by atoms with Crippen molar-refractivity contribution in [1.29, 1.82) is 0 Å². The van der Waals surface area contributed by atoms with Crippen LogP contribution in [-0.2, 0) is 4.74 Å². The molecular formula is C5H12N2O. The van der Waals surface area contributed by atoms with Gasteiger partial charge >= 0.3 is 0 Å². The van der Waals surface area contributed by atoms with E-state index in [9.17, 15) is 0 Å². The molecule has 48 valence electrons. The van der Waals surface area contributed by atoms with E-state index in [-0.39, 0.29) is 11.9 Å². The molecule has 0 radical (unpaired) electrons. The summed E-state index contributed by atoms with van der Waals surface area (Å²) in [7, 11) is 0. The summed E-state index contributed by atoms with van der Waals surface area (Å²) in [5.74, 6) is 0. The molecule has 1 atom stereocenters. The highest BCUT2D eigenvalue weighted by molar-refractivity contribution is 4.82. The molecule has 3 heteroatoms. The van der Waals surface area contributed by atoms with Crippen molar-refractivity contribution in [2.75, 3.05) is 6.61 Å². The standard InChI is InChI=1S/C5H12N2O/c1-5(2)3-8-4(6)7-5/h4,7H,3,6H2,1-2H3. The number of nitrogens with one attached hydrogen (secondary N) is 1. The van der Waals surface area contributed by atoms with Gasteiger partial charge in [0.05, 0.1) is 6.61 Å². The van der Waals surface area contributed by atoms with Crippen LogP contribution in [-0.4, -0.2) is 18.5 Å². The molecule has 0 aromatic rings. The zero-order valence-electron chi connectivity index (χ0n) is 5.27. The maximum atomic E-state index is 5.38. The Kier molecular flexibility index (Phi) is 1.27. The van der Waals surface area contributed by atoms with Crippen molar-refractivity contribution < 1.29 is 4.74 Å². The van der Waals surface area contributed by atoms with Gasteiger partial charge in [-0.3, -0.25) is 11.1 Å². The van der Waals surface area contributed by atoms with E-state index >= 15 is 0 Å². The second-order valence-electron chi connectivity index (χ2n) is 2.76. The number of ether oxygens (including phenoxy) is 1. The zero-order chi connectivity index (χ0) is 6.20. The Balaban J connectivity index is 2.44. The van der Waals surface area contributed by atoms with E-state index in [4.69, 9.17) is 10.5 Å². The van der Waals surface area contributed by atoms with Crippen LogP contribution in [0.5, 0.6) is 0 Å². The molecule has 3 N–H and O–H groups in total. The first-order chi connectivity index (χ1) is 3.60. The SMILES string of the molecule is CC1(C)COC(N)N1. The van der Waals surface area contributed by atoms with Crippen LogP contribution in [0, 0.1) is 0 Å². The third-order valence-electron chi connectivity index (χ3n) is 1.16. The molecule has 1 heterocycles. The molecule has 0 aliphatic carbocycles. The molecule has 0 spiro atoms. The lowest BCUT2D eigenvalue weighted by Gasteiger charge is -2.14. The third kappa shape index (κ3) is 1.18. The molecule has 0 aromatic heterocycles. The molecule has 0 aromatic carbocycles. The van der Waals surface area contributed by atoms with E-state index < -0.39 is 0 Å². The van der Waals surface area contributed by atoms with E-state index in [0.717, 1.165) is 0 Å². The van der Waals surface area contributed by atoms with Gasteiger partial charge in [-0.2, -0.15) is 0 Å². The van der Waals surface area contributed by atoms with E-state index in [2.05, 4.69) is 19.2 Å². The van der Waals surface area contributed by atoms with Crippen molar-refractivity contribution in [2.45, 2.75) is 25.7 Å². The average molecular weight is 116 g/mol. The minimum Gasteiger partial charge on any atom is -0.348 e. The lowest BCUT2D eigenvalue weighted by Crippen LogP contribution is -2.42. The Labute approximate surface area is 49.2 Å². The average Bonchev–Trinajstić information content (AvgIpc) is 1.82. The Morgan fingerprint density at radius 2 is 2.38 bits per heavy atom. The number of nitrogens with two attached hydrogens (primary N) is 1. The fourth-order valence-electron chi connectivity index (χ4n) is 0.767. The van der Waals surface area contributed by atoms with Crippen molar-refractivity contribution in [2.24, 2.45) is 5.73 Å². The van der Waals surface area contributed by atoms with Crippen molar-refractivity contribution in [3.8, 4) is 0 Å². The summed E-state index contributed by atoms with van der Waals surface area (Å²) in [6.45, 7) is 4.81. The van der Waals surface area contributed by atoms with Crippen LogP contribution < -0.4 is 11.1 Å². The second-order valence-corrected chi connectivity index (χ2v) is 2.76. The Morgan fingerprint density at radius 1 is 1.75 bits per heavy atom. The highest BCUT2D eigenvalue weighted by Gasteiger charge is 2.27. The summed E-state index contributed by atoms with van der Waals surface area (Å²) < 4.78 is 5.03. The van der Waals surface area contributed by atoms with Gasteiger partial charge in [-0.25, -0.2) is 0 Å². The fourth-order valence-corrected chi connectivity index (χ4v) is 0.767. The van der Waals surface area contributed by atoms with E-state index in [0.29, 0.717) is 6.61 Å². The Hall–Kier alpha value is -0.120. The second kappa shape index (κ2) is 1.69. The van der Waals surface area contributed by atoms with Crippen LogP contribution >= 0.6 is 0 Å². The molecule has 3 nitrogen and oxygen atoms in total. The monoisotopic (exact) mass is 116 g/mol. The van der Waals surface area contributed by atoms with Gasteiger partial charge in [-0.1, -0.05) is 0 Å². The van der Waals surface area contributed by atoms with Crippen molar-refractivity contribution in [3.63, 3.8) is 0 Å². The molecule has 1 aliphatic rings. The topological polar surface area (TPSA) is 47.3 Å². The summed E-state index contributed by atoms with van der Waals surface area (Å²) in [5, 5.41) is 3.05. The van der Waals surface area contributed by atoms with Crippen molar-refractivity contribution in [3.05, 3.63) is 0 Å². The molecule has 0 saturated carbocycles. The van der Waals surface area contributed by atoms with Crippen LogP contribution in [0.2, 0.25) is 0 Å². The maximum Gasteiger partial charge on any atom is 0.161 e. The largest absolute Gasteiger partial charge is 0.348 e. The summed E-state index contributed by atoms with van der Waals surface area (Å²) in [6, 6.07) is 0. The minimum atomic E-state index is -0.259. The number of hydrogen-bond acceptors (Lipinski definition) is 3. The summed E-state index contributed by atoms with van der Waals surface area (Å²) >= 11 is 0. The quantitative estimate of drug-likeness (QED) is 0.454. The van der Waals surface area contributed by atoms with Gasteiger partial charge in [0.15, 0.2) is 6.35 Å². The molecule has 1 rings (SSSR count). The molecule has 8 heavy (non-hydrogen) atoms. The summed E-state index contributed by atoms with van der Waals surface area (Å²) in [5.41, 5.74) is 5.45. The first kappa shape index (κ1) is 6.01. The predicted molar refractivity (Wildman–Crippen MR) is 31.1 cm³/mol. The highest BCUT2D eigenvalue weighted by atomic mass is 16.5.